The predicted molar refractivity (Wildman–Crippen MR) is 111 cm³/mol. The smallest absolute Gasteiger partial charge is 0.271 e. The molecule has 1 unspecified atom stereocenters. The first-order chi connectivity index (χ1) is 14.3. The summed E-state index contributed by atoms with van der Waals surface area (Å²) in [5, 5.41) is 21.9. The largest absolute Gasteiger partial charge is 1.00 e. The summed E-state index contributed by atoms with van der Waals surface area (Å²) in [6, 6.07) is 11.8. The van der Waals surface area contributed by atoms with Gasteiger partial charge in [-0.1, -0.05) is 23.8 Å². The average Bonchev–Trinajstić information content (AvgIpc) is 2.73. The van der Waals surface area contributed by atoms with Crippen LogP contribution >= 0.6 is 0 Å². The number of non-ortho nitro benzene ring substituents is 1. The van der Waals surface area contributed by atoms with E-state index in [1.54, 1.807) is 12.1 Å². The van der Waals surface area contributed by atoms with Crippen molar-refractivity contribution in [3.63, 3.8) is 0 Å². The zero-order valence-corrected chi connectivity index (χ0v) is 18.7. The van der Waals surface area contributed by atoms with Crippen LogP contribution in [0.3, 0.4) is 0 Å². The average molecular weight is 472 g/mol. The van der Waals surface area contributed by atoms with Crippen LogP contribution in [0.5, 0.6) is 0 Å². The van der Waals surface area contributed by atoms with Crippen LogP contribution < -0.4 is 21.6 Å². The van der Waals surface area contributed by atoms with Crippen LogP contribution in [-0.4, -0.2) is 63.9 Å². The van der Waals surface area contributed by atoms with Gasteiger partial charge in [0.1, 0.15) is 25.7 Å². The molecule has 1 heterocycles. The summed E-state index contributed by atoms with van der Waals surface area (Å²) in [7, 11) is -4.03. The lowest BCUT2D eigenvalue weighted by molar-refractivity contribution is -0.910. The third-order valence-electron chi connectivity index (χ3n) is 5.04. The van der Waals surface area contributed by atoms with Gasteiger partial charge >= 0.3 is 0 Å². The Morgan fingerprint density at radius 3 is 2.45 bits per heavy atom. The number of aliphatic hydroxyl groups is 1. The van der Waals surface area contributed by atoms with Gasteiger partial charge in [0.15, 0.2) is 0 Å². The highest BCUT2D eigenvalue weighted by atomic mass is 35.5. The molecule has 0 aliphatic carbocycles. The topological polar surface area (TPSA) is 114 Å². The fourth-order valence-electron chi connectivity index (χ4n) is 3.39. The van der Waals surface area contributed by atoms with E-state index in [0.717, 1.165) is 27.9 Å². The maximum absolute atomic E-state index is 13.4. The minimum atomic E-state index is -4.03. The molecule has 2 aromatic carbocycles. The first-order valence-corrected chi connectivity index (χ1v) is 11.1. The number of hydrogen-bond acceptors (Lipinski definition) is 6. The molecular formula is C20H26ClN3O6S. The minimum absolute atomic E-state index is 0. The Morgan fingerprint density at radius 2 is 1.84 bits per heavy atom. The van der Waals surface area contributed by atoms with Gasteiger partial charge < -0.3 is 27.2 Å². The zero-order chi connectivity index (χ0) is 21.7. The van der Waals surface area contributed by atoms with Crippen molar-refractivity contribution in [1.29, 1.82) is 0 Å². The van der Waals surface area contributed by atoms with Gasteiger partial charge in [0, 0.05) is 12.1 Å². The number of halogens is 1. The molecule has 11 heteroatoms. The number of aliphatic hydroxyl groups excluding tert-OH is 1. The van der Waals surface area contributed by atoms with E-state index in [2.05, 4.69) is 0 Å². The van der Waals surface area contributed by atoms with Gasteiger partial charge in [0.2, 0.25) is 0 Å². The summed E-state index contributed by atoms with van der Waals surface area (Å²) < 4.78 is 33.1. The van der Waals surface area contributed by atoms with Gasteiger partial charge in [-0.2, -0.15) is 0 Å². The van der Waals surface area contributed by atoms with E-state index in [0.29, 0.717) is 19.8 Å². The van der Waals surface area contributed by atoms with Crippen LogP contribution in [0.2, 0.25) is 0 Å². The number of nitrogens with one attached hydrogen (secondary N) is 1. The van der Waals surface area contributed by atoms with Crippen molar-refractivity contribution in [1.82, 2.24) is 0 Å². The van der Waals surface area contributed by atoms with E-state index in [1.807, 2.05) is 6.92 Å². The molecule has 2 aromatic rings. The van der Waals surface area contributed by atoms with Crippen molar-refractivity contribution in [3.05, 3.63) is 64.2 Å². The molecule has 0 saturated carbocycles. The fraction of sp³-hybridized carbons (Fsp3) is 0.400. The molecule has 0 amide bonds. The molecule has 0 spiro atoms. The number of rotatable bonds is 8. The second kappa shape index (κ2) is 10.9. The molecule has 2 N–H and O–H groups in total. The maximum Gasteiger partial charge on any atom is 0.271 e. The highest BCUT2D eigenvalue weighted by Gasteiger charge is 2.30. The summed E-state index contributed by atoms with van der Waals surface area (Å²) >= 11 is 0. The number of nitrogens with zero attached hydrogens (tertiary/aromatic N) is 2. The number of quaternary nitrogens is 1. The van der Waals surface area contributed by atoms with Crippen LogP contribution in [-0.2, 0) is 14.8 Å². The first-order valence-electron chi connectivity index (χ1n) is 9.70. The van der Waals surface area contributed by atoms with E-state index in [-0.39, 0.29) is 35.2 Å². The van der Waals surface area contributed by atoms with Crippen molar-refractivity contribution in [2.75, 3.05) is 43.7 Å². The highest BCUT2D eigenvalue weighted by molar-refractivity contribution is 7.92. The van der Waals surface area contributed by atoms with E-state index in [1.165, 1.54) is 36.4 Å². The Morgan fingerprint density at radius 1 is 1.19 bits per heavy atom. The van der Waals surface area contributed by atoms with Gasteiger partial charge in [-0.15, -0.1) is 0 Å². The zero-order valence-electron chi connectivity index (χ0n) is 17.1. The van der Waals surface area contributed by atoms with E-state index >= 15 is 0 Å². The molecule has 1 aliphatic heterocycles. The molecule has 0 aromatic heterocycles. The number of hydrogen-bond donors (Lipinski definition) is 2. The number of morpholine rings is 1. The predicted octanol–water partition coefficient (Wildman–Crippen LogP) is -2.62. The van der Waals surface area contributed by atoms with Crippen LogP contribution in [0, 0.1) is 17.0 Å². The molecule has 170 valence electrons. The van der Waals surface area contributed by atoms with Crippen LogP contribution in [0.25, 0.3) is 0 Å². The summed E-state index contributed by atoms with van der Waals surface area (Å²) in [4.78, 5) is 11.8. The van der Waals surface area contributed by atoms with Gasteiger partial charge in [-0.05, 0) is 25.1 Å². The Labute approximate surface area is 187 Å². The molecular weight excluding hydrogens is 446 g/mol. The third-order valence-corrected chi connectivity index (χ3v) is 6.85. The van der Waals surface area contributed by atoms with Crippen LogP contribution in [0.1, 0.15) is 5.56 Å². The Hall–Kier alpha value is -2.24. The number of aryl methyl sites for hydroxylation is 1. The molecule has 0 bridgehead atoms. The number of sulfonamides is 1. The van der Waals surface area contributed by atoms with Crippen molar-refractivity contribution in [2.24, 2.45) is 0 Å². The monoisotopic (exact) mass is 471 g/mol. The van der Waals surface area contributed by atoms with E-state index < -0.39 is 21.1 Å². The number of anilines is 1. The molecule has 3 rings (SSSR count). The summed E-state index contributed by atoms with van der Waals surface area (Å²) in [6.45, 7) is 4.66. The molecule has 1 saturated heterocycles. The highest BCUT2D eigenvalue weighted by Crippen LogP contribution is 2.27. The lowest BCUT2D eigenvalue weighted by Gasteiger charge is -2.30. The first kappa shape index (κ1) is 25.0. The van der Waals surface area contributed by atoms with E-state index in [4.69, 9.17) is 4.74 Å². The van der Waals surface area contributed by atoms with Crippen LogP contribution in [0.4, 0.5) is 11.4 Å². The molecule has 0 radical (unpaired) electrons. The molecule has 9 nitrogen and oxygen atoms in total. The number of nitro groups is 1. The standard InChI is InChI=1S/C20H25N3O6S.ClH/c1-16-5-7-20(8-6-16)30(27,28)22(17-3-2-4-18(13-17)23(25)26)15-19(24)14-21-9-11-29-12-10-21;/h2-8,13,19,24H,9-12,14-15H2,1H3;1H. The normalized spacial score (nSPS) is 15.7. The van der Waals surface area contributed by atoms with Crippen molar-refractivity contribution < 1.29 is 40.5 Å². The summed E-state index contributed by atoms with van der Waals surface area (Å²) in [6.07, 6.45) is -0.947. The van der Waals surface area contributed by atoms with Crippen molar-refractivity contribution >= 4 is 21.4 Å². The SMILES string of the molecule is Cc1ccc(S(=O)(=O)N(CC(O)C[NH+]2CCOCC2)c2cccc([N+](=O)[O-])c2)cc1.[Cl-]. The number of nitro benzene ring substituents is 1. The van der Waals surface area contributed by atoms with Crippen molar-refractivity contribution in [3.8, 4) is 0 Å². The second-order valence-electron chi connectivity index (χ2n) is 7.35. The third kappa shape index (κ3) is 6.37. The minimum Gasteiger partial charge on any atom is -1.00 e. The lowest BCUT2D eigenvalue weighted by atomic mass is 10.2. The quantitative estimate of drug-likeness (QED) is 0.322. The Bertz CT molecular complexity index is 981. The van der Waals surface area contributed by atoms with Gasteiger partial charge in [-0.25, -0.2) is 8.42 Å². The number of benzene rings is 2. The molecule has 31 heavy (non-hydrogen) atoms. The van der Waals surface area contributed by atoms with Crippen molar-refractivity contribution in [2.45, 2.75) is 17.9 Å². The second-order valence-corrected chi connectivity index (χ2v) is 9.21. The summed E-state index contributed by atoms with van der Waals surface area (Å²) in [5.41, 5.74) is 0.831. The van der Waals surface area contributed by atoms with Gasteiger partial charge in [0.05, 0.1) is 35.3 Å². The van der Waals surface area contributed by atoms with Gasteiger partial charge in [-0.3, -0.25) is 14.4 Å². The molecule has 1 atom stereocenters. The molecule has 1 aliphatic rings. The maximum atomic E-state index is 13.4. The molecule has 1 fully saturated rings. The Kier molecular flexibility index (Phi) is 8.78. The fourth-order valence-corrected chi connectivity index (χ4v) is 4.89. The lowest BCUT2D eigenvalue weighted by Crippen LogP contribution is -3.15. The Balaban J connectivity index is 0.00000341. The van der Waals surface area contributed by atoms with Gasteiger partial charge in [0.25, 0.3) is 15.7 Å². The number of ether oxygens (including phenoxy) is 1. The van der Waals surface area contributed by atoms with E-state index in [9.17, 15) is 23.6 Å². The van der Waals surface area contributed by atoms with Crippen LogP contribution in [0.15, 0.2) is 53.4 Å². The summed E-state index contributed by atoms with van der Waals surface area (Å²) in [5.74, 6) is 0.